The van der Waals surface area contributed by atoms with E-state index in [1.54, 1.807) is 40.0 Å². The van der Waals surface area contributed by atoms with Gasteiger partial charge in [-0.2, -0.15) is 5.10 Å². The fraction of sp³-hybridized carbons (Fsp3) is 0.333. The average molecular weight is 505 g/mol. The SMILES string of the molecule is C=CC(=O)NC1CC(NC(=O)c2nn(Cc3ccc(F)cc3)c3c2CN(C(=O)c2ccc[nH]2)CC3C)C1. The van der Waals surface area contributed by atoms with Crippen molar-refractivity contribution in [3.05, 3.63) is 89.3 Å². The van der Waals surface area contributed by atoms with Gasteiger partial charge in [0.25, 0.3) is 11.8 Å². The maximum Gasteiger partial charge on any atom is 0.272 e. The summed E-state index contributed by atoms with van der Waals surface area (Å²) in [6.45, 7) is 6.58. The van der Waals surface area contributed by atoms with Crippen molar-refractivity contribution >= 4 is 17.7 Å². The standard InChI is InChI=1S/C27H29FN6O3/c1-3-23(35)30-19-11-20(12-19)31-26(36)24-21-15-33(27(37)22-5-4-10-29-22)13-16(2)25(21)34(32-24)14-17-6-8-18(28)9-7-17/h3-10,16,19-20,29H,1,11-15H2,2H3,(H,30,35)(H,31,36). The van der Waals surface area contributed by atoms with Gasteiger partial charge in [-0.3, -0.25) is 19.1 Å². The minimum absolute atomic E-state index is 0.00493. The number of nitrogens with one attached hydrogen (secondary N) is 3. The molecule has 192 valence electrons. The quantitative estimate of drug-likeness (QED) is 0.430. The molecule has 10 heteroatoms. The second-order valence-corrected chi connectivity index (χ2v) is 9.72. The Kier molecular flexibility index (Phi) is 6.64. The summed E-state index contributed by atoms with van der Waals surface area (Å²) < 4.78 is 15.2. The summed E-state index contributed by atoms with van der Waals surface area (Å²) in [5.74, 6) is -1.07. The lowest BCUT2D eigenvalue weighted by atomic mass is 9.86. The normalized spacial score (nSPS) is 20.5. The number of halogens is 1. The van der Waals surface area contributed by atoms with E-state index in [9.17, 15) is 18.8 Å². The first-order chi connectivity index (χ1) is 17.8. The van der Waals surface area contributed by atoms with Gasteiger partial charge < -0.3 is 20.5 Å². The molecule has 1 aliphatic heterocycles. The van der Waals surface area contributed by atoms with Gasteiger partial charge in [0, 0.05) is 42.0 Å². The van der Waals surface area contributed by atoms with Gasteiger partial charge in [0.1, 0.15) is 11.5 Å². The summed E-state index contributed by atoms with van der Waals surface area (Å²) in [7, 11) is 0. The average Bonchev–Trinajstić information content (AvgIpc) is 3.52. The molecule has 1 aromatic carbocycles. The van der Waals surface area contributed by atoms with E-state index in [1.165, 1.54) is 18.2 Å². The predicted octanol–water partition coefficient (Wildman–Crippen LogP) is 2.72. The molecule has 37 heavy (non-hydrogen) atoms. The number of carbonyl (C=O) groups is 3. The first kappa shape index (κ1) is 24.5. The third kappa shape index (κ3) is 5.04. The Hall–Kier alpha value is -4.21. The molecule has 3 amide bonds. The summed E-state index contributed by atoms with van der Waals surface area (Å²) in [5.41, 5.74) is 3.24. The summed E-state index contributed by atoms with van der Waals surface area (Å²) in [4.78, 5) is 42.7. The van der Waals surface area contributed by atoms with Gasteiger partial charge in [0.15, 0.2) is 5.69 Å². The molecule has 5 rings (SSSR count). The van der Waals surface area contributed by atoms with Crippen LogP contribution >= 0.6 is 0 Å². The Labute approximate surface area is 213 Å². The van der Waals surface area contributed by atoms with Crippen LogP contribution in [-0.4, -0.2) is 56.0 Å². The molecule has 2 aromatic heterocycles. The van der Waals surface area contributed by atoms with E-state index in [0.29, 0.717) is 37.2 Å². The highest BCUT2D eigenvalue weighted by Gasteiger charge is 2.37. The lowest BCUT2D eigenvalue weighted by molar-refractivity contribution is -0.117. The zero-order valence-electron chi connectivity index (χ0n) is 20.5. The van der Waals surface area contributed by atoms with Crippen molar-refractivity contribution in [3.63, 3.8) is 0 Å². The van der Waals surface area contributed by atoms with E-state index in [2.05, 4.69) is 22.2 Å². The van der Waals surface area contributed by atoms with Gasteiger partial charge in [0.2, 0.25) is 5.91 Å². The molecule has 9 nitrogen and oxygen atoms in total. The van der Waals surface area contributed by atoms with E-state index >= 15 is 0 Å². The van der Waals surface area contributed by atoms with Gasteiger partial charge in [-0.25, -0.2) is 4.39 Å². The molecule has 1 unspecified atom stereocenters. The molecule has 1 atom stereocenters. The minimum Gasteiger partial charge on any atom is -0.357 e. The van der Waals surface area contributed by atoms with Gasteiger partial charge in [-0.1, -0.05) is 25.6 Å². The molecule has 3 heterocycles. The Balaban J connectivity index is 1.40. The smallest absolute Gasteiger partial charge is 0.272 e. The first-order valence-electron chi connectivity index (χ1n) is 12.3. The number of H-pyrrole nitrogens is 1. The van der Waals surface area contributed by atoms with Crippen LogP contribution in [0, 0.1) is 5.82 Å². The third-order valence-corrected chi connectivity index (χ3v) is 6.99. The highest BCUT2D eigenvalue weighted by molar-refractivity contribution is 5.96. The molecular weight excluding hydrogens is 475 g/mol. The number of benzene rings is 1. The van der Waals surface area contributed by atoms with Crippen molar-refractivity contribution in [2.24, 2.45) is 0 Å². The number of carbonyl (C=O) groups excluding carboxylic acids is 3. The van der Waals surface area contributed by atoms with Crippen molar-refractivity contribution in [3.8, 4) is 0 Å². The molecule has 1 fully saturated rings. The molecule has 1 saturated carbocycles. The molecule has 0 spiro atoms. The van der Waals surface area contributed by atoms with Crippen molar-refractivity contribution in [1.82, 2.24) is 30.3 Å². The number of aromatic nitrogens is 3. The second-order valence-electron chi connectivity index (χ2n) is 9.72. The summed E-state index contributed by atoms with van der Waals surface area (Å²) in [6, 6.07) is 9.61. The van der Waals surface area contributed by atoms with Crippen molar-refractivity contribution in [2.45, 2.75) is 50.9 Å². The van der Waals surface area contributed by atoms with Crippen LogP contribution < -0.4 is 10.6 Å². The van der Waals surface area contributed by atoms with Crippen molar-refractivity contribution in [2.75, 3.05) is 6.54 Å². The Morgan fingerprint density at radius 2 is 1.89 bits per heavy atom. The van der Waals surface area contributed by atoms with Crippen molar-refractivity contribution in [1.29, 1.82) is 0 Å². The topological polar surface area (TPSA) is 112 Å². The molecule has 1 aliphatic carbocycles. The number of hydrogen-bond donors (Lipinski definition) is 3. The monoisotopic (exact) mass is 504 g/mol. The van der Waals surface area contributed by atoms with E-state index in [0.717, 1.165) is 11.3 Å². The predicted molar refractivity (Wildman–Crippen MR) is 134 cm³/mol. The van der Waals surface area contributed by atoms with Gasteiger partial charge in [-0.05, 0) is 48.7 Å². The van der Waals surface area contributed by atoms with Crippen LogP contribution in [0.25, 0.3) is 0 Å². The number of rotatable bonds is 7. The number of nitrogens with zero attached hydrogens (tertiary/aromatic N) is 3. The van der Waals surface area contributed by atoms with Crippen LogP contribution in [0.4, 0.5) is 4.39 Å². The van der Waals surface area contributed by atoms with Gasteiger partial charge >= 0.3 is 0 Å². The maximum absolute atomic E-state index is 13.4. The number of hydrogen-bond acceptors (Lipinski definition) is 4. The second kappa shape index (κ2) is 10.0. The van der Waals surface area contributed by atoms with Gasteiger partial charge in [-0.15, -0.1) is 0 Å². The number of amides is 3. The summed E-state index contributed by atoms with van der Waals surface area (Å²) in [6.07, 6.45) is 4.18. The lowest BCUT2D eigenvalue weighted by Crippen LogP contribution is -2.53. The summed E-state index contributed by atoms with van der Waals surface area (Å²) >= 11 is 0. The van der Waals surface area contributed by atoms with E-state index in [-0.39, 0.29) is 53.8 Å². The van der Waals surface area contributed by atoms with Crippen LogP contribution in [0.2, 0.25) is 0 Å². The molecule has 0 radical (unpaired) electrons. The van der Waals surface area contributed by atoms with Crippen LogP contribution in [0.5, 0.6) is 0 Å². The van der Waals surface area contributed by atoms with Crippen LogP contribution in [0.15, 0.2) is 55.3 Å². The highest BCUT2D eigenvalue weighted by atomic mass is 19.1. The zero-order chi connectivity index (χ0) is 26.1. The van der Waals surface area contributed by atoms with E-state index in [4.69, 9.17) is 5.10 Å². The fourth-order valence-electron chi connectivity index (χ4n) is 5.11. The first-order valence-corrected chi connectivity index (χ1v) is 12.3. The molecule has 0 bridgehead atoms. The molecular formula is C27H29FN6O3. The number of aromatic amines is 1. The van der Waals surface area contributed by atoms with E-state index in [1.807, 2.05) is 6.92 Å². The third-order valence-electron chi connectivity index (χ3n) is 6.99. The minimum atomic E-state index is -0.318. The molecule has 3 aromatic rings. The van der Waals surface area contributed by atoms with Crippen molar-refractivity contribution < 1.29 is 18.8 Å². The highest BCUT2D eigenvalue weighted by Crippen LogP contribution is 2.32. The fourth-order valence-corrected chi connectivity index (χ4v) is 5.11. The lowest BCUT2D eigenvalue weighted by Gasteiger charge is -2.36. The van der Waals surface area contributed by atoms with Gasteiger partial charge in [0.05, 0.1) is 13.1 Å². The van der Waals surface area contributed by atoms with Crippen LogP contribution in [0.3, 0.4) is 0 Å². The van der Waals surface area contributed by atoms with Crippen LogP contribution in [0.1, 0.15) is 63.5 Å². The van der Waals surface area contributed by atoms with Crippen LogP contribution in [-0.2, 0) is 17.9 Å². The Morgan fingerprint density at radius 3 is 2.57 bits per heavy atom. The number of fused-ring (bicyclic) bond motifs is 1. The Morgan fingerprint density at radius 1 is 1.16 bits per heavy atom. The molecule has 2 aliphatic rings. The Bertz CT molecular complexity index is 1320. The maximum atomic E-state index is 13.4. The molecule has 3 N–H and O–H groups in total. The molecule has 0 saturated heterocycles. The zero-order valence-corrected chi connectivity index (χ0v) is 20.5. The van der Waals surface area contributed by atoms with E-state index < -0.39 is 0 Å². The largest absolute Gasteiger partial charge is 0.357 e. The summed E-state index contributed by atoms with van der Waals surface area (Å²) in [5, 5.41) is 10.5.